The highest BCUT2D eigenvalue weighted by atomic mass is 79.9. The lowest BCUT2D eigenvalue weighted by molar-refractivity contribution is 0.602. The molecule has 2 rings (SSSR count). The zero-order valence-corrected chi connectivity index (χ0v) is 10.5. The van der Waals surface area contributed by atoms with Crippen LogP contribution in [0.1, 0.15) is 30.9 Å². The molecule has 1 aromatic carbocycles. The van der Waals surface area contributed by atoms with Gasteiger partial charge in [0, 0.05) is 22.0 Å². The fraction of sp³-hybridized carbons (Fsp3) is 0.333. The molecule has 2 aromatic rings. The number of furan rings is 1. The second-order valence-corrected chi connectivity index (χ2v) is 4.91. The quantitative estimate of drug-likeness (QED) is 0.900. The van der Waals surface area contributed by atoms with Gasteiger partial charge in [-0.15, -0.1) is 0 Å². The summed E-state index contributed by atoms with van der Waals surface area (Å²) in [5.74, 6) is 0.446. The maximum Gasteiger partial charge on any atom is 0.137 e. The van der Waals surface area contributed by atoms with E-state index in [0.717, 1.165) is 21.0 Å². The number of rotatable bonds is 2. The van der Waals surface area contributed by atoms with Gasteiger partial charge in [-0.2, -0.15) is 0 Å². The normalized spacial score (nSPS) is 11.5. The summed E-state index contributed by atoms with van der Waals surface area (Å²) >= 11 is 3.52. The third-order valence-corrected chi connectivity index (χ3v) is 3.05. The van der Waals surface area contributed by atoms with Crippen molar-refractivity contribution in [2.24, 2.45) is 5.73 Å². The summed E-state index contributed by atoms with van der Waals surface area (Å²) < 4.78 is 6.67. The van der Waals surface area contributed by atoms with Crippen LogP contribution >= 0.6 is 15.9 Å². The fourth-order valence-electron chi connectivity index (χ4n) is 1.77. The molecule has 0 saturated heterocycles. The molecule has 3 heteroatoms. The molecule has 0 radical (unpaired) electrons. The third kappa shape index (κ3) is 1.82. The maximum absolute atomic E-state index is 5.66. The first-order valence-corrected chi connectivity index (χ1v) is 5.82. The minimum atomic E-state index is 0.446. The van der Waals surface area contributed by atoms with Crippen molar-refractivity contribution in [3.8, 4) is 0 Å². The van der Waals surface area contributed by atoms with Crippen molar-refractivity contribution in [3.05, 3.63) is 34.0 Å². The fourth-order valence-corrected chi connectivity index (χ4v) is 2.24. The van der Waals surface area contributed by atoms with Crippen LogP contribution in [0.25, 0.3) is 11.0 Å². The first-order chi connectivity index (χ1) is 7.13. The van der Waals surface area contributed by atoms with Crippen LogP contribution in [-0.4, -0.2) is 0 Å². The lowest BCUT2D eigenvalue weighted by Gasteiger charge is -2.07. The van der Waals surface area contributed by atoms with Gasteiger partial charge in [0.25, 0.3) is 0 Å². The minimum absolute atomic E-state index is 0.446. The summed E-state index contributed by atoms with van der Waals surface area (Å²) in [6.07, 6.45) is 1.75. The highest BCUT2D eigenvalue weighted by molar-refractivity contribution is 9.10. The Labute approximate surface area is 97.6 Å². The number of fused-ring (bicyclic) bond motifs is 1. The molecule has 0 saturated carbocycles. The van der Waals surface area contributed by atoms with Crippen molar-refractivity contribution >= 4 is 26.9 Å². The molecule has 0 aliphatic heterocycles. The highest BCUT2D eigenvalue weighted by Gasteiger charge is 2.12. The molecule has 0 unspecified atom stereocenters. The van der Waals surface area contributed by atoms with Gasteiger partial charge in [0.05, 0.1) is 6.26 Å². The highest BCUT2D eigenvalue weighted by Crippen LogP contribution is 2.32. The number of benzene rings is 1. The van der Waals surface area contributed by atoms with Crippen LogP contribution < -0.4 is 5.73 Å². The molecule has 0 aliphatic carbocycles. The van der Waals surface area contributed by atoms with E-state index in [-0.39, 0.29) is 0 Å². The Morgan fingerprint density at radius 3 is 2.73 bits per heavy atom. The lowest BCUT2D eigenvalue weighted by atomic mass is 10.0. The van der Waals surface area contributed by atoms with Crippen LogP contribution in [0.15, 0.2) is 27.3 Å². The van der Waals surface area contributed by atoms with Crippen molar-refractivity contribution in [3.63, 3.8) is 0 Å². The van der Waals surface area contributed by atoms with E-state index in [0.29, 0.717) is 12.5 Å². The second-order valence-electron chi connectivity index (χ2n) is 3.99. The van der Waals surface area contributed by atoms with Gasteiger partial charge in [0.2, 0.25) is 0 Å². The van der Waals surface area contributed by atoms with Crippen LogP contribution in [-0.2, 0) is 6.54 Å². The Morgan fingerprint density at radius 1 is 1.40 bits per heavy atom. The summed E-state index contributed by atoms with van der Waals surface area (Å²) in [4.78, 5) is 0. The number of halogens is 1. The van der Waals surface area contributed by atoms with Crippen LogP contribution in [0.2, 0.25) is 0 Å². The van der Waals surface area contributed by atoms with Gasteiger partial charge in [-0.05, 0) is 23.6 Å². The Kier molecular flexibility index (Phi) is 2.85. The SMILES string of the molecule is CC(C)c1cc(Br)cc2c(CN)coc12. The summed E-state index contributed by atoms with van der Waals surface area (Å²) in [6, 6.07) is 4.17. The topological polar surface area (TPSA) is 39.2 Å². The molecular formula is C12H14BrNO. The smallest absolute Gasteiger partial charge is 0.137 e. The van der Waals surface area contributed by atoms with E-state index in [4.69, 9.17) is 10.2 Å². The number of hydrogen-bond acceptors (Lipinski definition) is 2. The minimum Gasteiger partial charge on any atom is -0.464 e. The molecule has 1 aromatic heterocycles. The lowest BCUT2D eigenvalue weighted by Crippen LogP contribution is -1.95. The maximum atomic E-state index is 5.66. The van der Waals surface area contributed by atoms with Crippen molar-refractivity contribution in [2.75, 3.05) is 0 Å². The van der Waals surface area contributed by atoms with E-state index in [1.165, 1.54) is 5.56 Å². The Morgan fingerprint density at radius 2 is 2.13 bits per heavy atom. The van der Waals surface area contributed by atoms with Crippen LogP contribution in [0.5, 0.6) is 0 Å². The third-order valence-electron chi connectivity index (χ3n) is 2.59. The Balaban J connectivity index is 2.76. The zero-order valence-electron chi connectivity index (χ0n) is 8.88. The van der Waals surface area contributed by atoms with E-state index in [1.807, 2.05) is 0 Å². The van der Waals surface area contributed by atoms with Crippen molar-refractivity contribution in [1.29, 1.82) is 0 Å². The Bertz CT molecular complexity index is 488. The van der Waals surface area contributed by atoms with E-state index in [1.54, 1.807) is 6.26 Å². The molecule has 2 nitrogen and oxygen atoms in total. The molecule has 0 bridgehead atoms. The summed E-state index contributed by atoms with van der Waals surface area (Å²) in [7, 11) is 0. The predicted molar refractivity (Wildman–Crippen MR) is 65.9 cm³/mol. The van der Waals surface area contributed by atoms with Gasteiger partial charge >= 0.3 is 0 Å². The summed E-state index contributed by atoms with van der Waals surface area (Å²) in [5.41, 5.74) is 8.91. The summed E-state index contributed by atoms with van der Waals surface area (Å²) in [6.45, 7) is 4.83. The molecule has 1 heterocycles. The van der Waals surface area contributed by atoms with Crippen molar-refractivity contribution in [1.82, 2.24) is 0 Å². The van der Waals surface area contributed by atoms with Gasteiger partial charge < -0.3 is 10.2 Å². The van der Waals surface area contributed by atoms with Gasteiger partial charge in [0.15, 0.2) is 0 Å². The van der Waals surface area contributed by atoms with Crippen molar-refractivity contribution in [2.45, 2.75) is 26.3 Å². The van der Waals surface area contributed by atoms with E-state index < -0.39 is 0 Å². The van der Waals surface area contributed by atoms with E-state index >= 15 is 0 Å². The molecule has 2 N–H and O–H groups in total. The molecule has 80 valence electrons. The van der Waals surface area contributed by atoms with Crippen LogP contribution in [0.4, 0.5) is 0 Å². The largest absolute Gasteiger partial charge is 0.464 e. The van der Waals surface area contributed by atoms with Crippen LogP contribution in [0, 0.1) is 0 Å². The van der Waals surface area contributed by atoms with Crippen LogP contribution in [0.3, 0.4) is 0 Å². The average Bonchev–Trinajstić information content (AvgIpc) is 2.58. The van der Waals surface area contributed by atoms with Gasteiger partial charge in [-0.3, -0.25) is 0 Å². The molecule has 0 atom stereocenters. The first kappa shape index (κ1) is 10.7. The predicted octanol–water partition coefficient (Wildman–Crippen LogP) is 3.78. The second kappa shape index (κ2) is 3.99. The average molecular weight is 268 g/mol. The van der Waals surface area contributed by atoms with Gasteiger partial charge in [-0.25, -0.2) is 0 Å². The standard InChI is InChI=1S/C12H14BrNO/c1-7(2)10-3-9(13)4-11-8(5-14)6-15-12(10)11/h3-4,6-7H,5,14H2,1-2H3. The molecule has 0 fully saturated rings. The van der Waals surface area contributed by atoms with Gasteiger partial charge in [-0.1, -0.05) is 29.8 Å². The number of hydrogen-bond donors (Lipinski definition) is 1. The molecular weight excluding hydrogens is 254 g/mol. The van der Waals surface area contributed by atoms with Crippen molar-refractivity contribution < 1.29 is 4.42 Å². The van der Waals surface area contributed by atoms with E-state index in [9.17, 15) is 0 Å². The zero-order chi connectivity index (χ0) is 11.0. The number of nitrogens with two attached hydrogens (primary N) is 1. The molecule has 0 amide bonds. The molecule has 0 aliphatic rings. The monoisotopic (exact) mass is 267 g/mol. The van der Waals surface area contributed by atoms with E-state index in [2.05, 4.69) is 41.9 Å². The van der Waals surface area contributed by atoms with Gasteiger partial charge in [0.1, 0.15) is 5.58 Å². The summed E-state index contributed by atoms with van der Waals surface area (Å²) in [5, 5.41) is 1.12. The molecule has 15 heavy (non-hydrogen) atoms. The Hall–Kier alpha value is -0.800. The molecule has 0 spiro atoms. The first-order valence-electron chi connectivity index (χ1n) is 5.03.